The van der Waals surface area contributed by atoms with Crippen molar-refractivity contribution < 1.29 is 13.2 Å². The lowest BCUT2D eigenvalue weighted by molar-refractivity contribution is -0.137. The van der Waals surface area contributed by atoms with Crippen molar-refractivity contribution in [3.8, 4) is 0 Å². The first kappa shape index (κ1) is 11.2. The second-order valence-electron chi connectivity index (χ2n) is 3.06. The molecular formula is C9H6F3N5. The van der Waals surface area contributed by atoms with Gasteiger partial charge in [-0.2, -0.15) is 23.4 Å². The van der Waals surface area contributed by atoms with Crippen molar-refractivity contribution in [2.24, 2.45) is 0 Å². The lowest BCUT2D eigenvalue weighted by Gasteiger charge is -2.07. The van der Waals surface area contributed by atoms with E-state index in [1.807, 2.05) is 0 Å². The monoisotopic (exact) mass is 241 g/mol. The van der Waals surface area contributed by atoms with E-state index in [1.165, 1.54) is 6.20 Å². The van der Waals surface area contributed by atoms with Crippen LogP contribution >= 0.6 is 0 Å². The zero-order chi connectivity index (χ0) is 12.3. The topological polar surface area (TPSA) is 63.6 Å². The van der Waals surface area contributed by atoms with Gasteiger partial charge in [0.15, 0.2) is 11.6 Å². The third-order valence-corrected chi connectivity index (χ3v) is 1.81. The van der Waals surface area contributed by atoms with Crippen molar-refractivity contribution in [2.45, 2.75) is 6.18 Å². The van der Waals surface area contributed by atoms with Gasteiger partial charge in [-0.3, -0.25) is 0 Å². The van der Waals surface area contributed by atoms with Gasteiger partial charge < -0.3 is 5.32 Å². The number of hydrogen-bond acceptors (Lipinski definition) is 5. The Morgan fingerprint density at radius 2 is 1.82 bits per heavy atom. The van der Waals surface area contributed by atoms with Crippen molar-refractivity contribution in [3.05, 3.63) is 36.2 Å². The van der Waals surface area contributed by atoms with Gasteiger partial charge in [0.1, 0.15) is 0 Å². The largest absolute Gasteiger partial charge is 0.418 e. The third-order valence-electron chi connectivity index (χ3n) is 1.81. The molecule has 0 aliphatic heterocycles. The van der Waals surface area contributed by atoms with Crippen LogP contribution in [-0.2, 0) is 6.18 Å². The molecule has 0 fully saturated rings. The molecule has 0 bridgehead atoms. The number of nitrogens with zero attached hydrogens (tertiary/aromatic N) is 4. The fourth-order valence-corrected chi connectivity index (χ4v) is 1.08. The predicted octanol–water partition coefficient (Wildman–Crippen LogP) is 2.03. The highest BCUT2D eigenvalue weighted by Crippen LogP contribution is 2.29. The average molecular weight is 241 g/mol. The standard InChI is InChI=1S/C9H6F3N5/c10-9(11,12)6-4-8(17-14-5-6)15-7-2-1-3-13-16-7/h1-5H,(H,15,16,17). The maximum atomic E-state index is 12.4. The first-order valence-electron chi connectivity index (χ1n) is 4.50. The van der Waals surface area contributed by atoms with E-state index in [2.05, 4.69) is 25.7 Å². The van der Waals surface area contributed by atoms with Gasteiger partial charge in [-0.05, 0) is 18.2 Å². The molecule has 8 heteroatoms. The van der Waals surface area contributed by atoms with Crippen LogP contribution in [0.4, 0.5) is 24.8 Å². The van der Waals surface area contributed by atoms with E-state index in [4.69, 9.17) is 0 Å². The fraction of sp³-hybridized carbons (Fsp3) is 0.111. The smallest absolute Gasteiger partial charge is 0.322 e. The number of alkyl halides is 3. The Bertz CT molecular complexity index is 499. The van der Waals surface area contributed by atoms with Gasteiger partial charge in [0, 0.05) is 6.20 Å². The summed E-state index contributed by atoms with van der Waals surface area (Å²) >= 11 is 0. The van der Waals surface area contributed by atoms with Crippen LogP contribution in [0.25, 0.3) is 0 Å². The highest BCUT2D eigenvalue weighted by Gasteiger charge is 2.31. The van der Waals surface area contributed by atoms with E-state index < -0.39 is 11.7 Å². The first-order chi connectivity index (χ1) is 8.05. The SMILES string of the molecule is FC(F)(F)c1cnnc(Nc2cccnn2)c1. The molecule has 0 aromatic carbocycles. The molecule has 2 aromatic heterocycles. The number of halogens is 3. The molecule has 2 rings (SSSR count). The number of anilines is 2. The summed E-state index contributed by atoms with van der Waals surface area (Å²) in [5.74, 6) is 0.251. The van der Waals surface area contributed by atoms with Crippen LogP contribution in [-0.4, -0.2) is 20.4 Å². The van der Waals surface area contributed by atoms with E-state index in [-0.39, 0.29) is 5.82 Å². The molecule has 0 saturated carbocycles. The van der Waals surface area contributed by atoms with Crippen molar-refractivity contribution in [3.63, 3.8) is 0 Å². The van der Waals surface area contributed by atoms with Crippen LogP contribution in [0.15, 0.2) is 30.6 Å². The van der Waals surface area contributed by atoms with Crippen LogP contribution in [0.2, 0.25) is 0 Å². The minimum Gasteiger partial charge on any atom is -0.322 e. The van der Waals surface area contributed by atoms with Crippen molar-refractivity contribution >= 4 is 11.6 Å². The predicted molar refractivity (Wildman–Crippen MR) is 52.3 cm³/mol. The Balaban J connectivity index is 2.23. The summed E-state index contributed by atoms with van der Waals surface area (Å²) in [6.07, 6.45) is -2.35. The highest BCUT2D eigenvalue weighted by atomic mass is 19.4. The lowest BCUT2D eigenvalue weighted by atomic mass is 10.3. The molecule has 5 nitrogen and oxygen atoms in total. The van der Waals surface area contributed by atoms with Crippen molar-refractivity contribution in [2.75, 3.05) is 5.32 Å². The van der Waals surface area contributed by atoms with E-state index in [0.717, 1.165) is 6.07 Å². The maximum Gasteiger partial charge on any atom is 0.418 e. The quantitative estimate of drug-likeness (QED) is 0.871. The van der Waals surface area contributed by atoms with E-state index in [1.54, 1.807) is 12.1 Å². The normalized spacial score (nSPS) is 11.2. The van der Waals surface area contributed by atoms with Gasteiger partial charge in [-0.1, -0.05) is 0 Å². The molecule has 0 spiro atoms. The molecule has 0 atom stereocenters. The van der Waals surface area contributed by atoms with Crippen LogP contribution in [0, 0.1) is 0 Å². The maximum absolute atomic E-state index is 12.4. The Hall–Kier alpha value is -2.25. The number of aromatic nitrogens is 4. The Kier molecular flexibility index (Phi) is 2.86. The summed E-state index contributed by atoms with van der Waals surface area (Å²) in [6.45, 7) is 0. The number of hydrogen-bond donors (Lipinski definition) is 1. The lowest BCUT2D eigenvalue weighted by Crippen LogP contribution is -2.07. The number of nitrogens with one attached hydrogen (secondary N) is 1. The molecule has 0 aliphatic carbocycles. The van der Waals surface area contributed by atoms with Crippen LogP contribution in [0.1, 0.15) is 5.56 Å². The molecule has 1 N–H and O–H groups in total. The molecule has 0 aliphatic rings. The minimum atomic E-state index is -4.45. The second kappa shape index (κ2) is 4.32. The Morgan fingerprint density at radius 1 is 1.06 bits per heavy atom. The Morgan fingerprint density at radius 3 is 2.47 bits per heavy atom. The zero-order valence-corrected chi connectivity index (χ0v) is 8.31. The molecule has 17 heavy (non-hydrogen) atoms. The van der Waals surface area contributed by atoms with Gasteiger partial charge in [-0.25, -0.2) is 0 Å². The van der Waals surface area contributed by atoms with E-state index in [0.29, 0.717) is 12.0 Å². The summed E-state index contributed by atoms with van der Waals surface area (Å²) in [5.41, 5.74) is -0.876. The summed E-state index contributed by atoms with van der Waals surface area (Å²) < 4.78 is 37.1. The van der Waals surface area contributed by atoms with Gasteiger partial charge in [0.05, 0.1) is 11.8 Å². The molecule has 0 unspecified atom stereocenters. The van der Waals surface area contributed by atoms with Crippen LogP contribution in [0.3, 0.4) is 0 Å². The van der Waals surface area contributed by atoms with Crippen LogP contribution in [0.5, 0.6) is 0 Å². The summed E-state index contributed by atoms with van der Waals surface area (Å²) in [6, 6.07) is 3.99. The number of rotatable bonds is 2. The fourth-order valence-electron chi connectivity index (χ4n) is 1.08. The van der Waals surface area contributed by atoms with E-state index >= 15 is 0 Å². The average Bonchev–Trinajstić information content (AvgIpc) is 2.29. The molecular weight excluding hydrogens is 235 g/mol. The summed E-state index contributed by atoms with van der Waals surface area (Å²) in [7, 11) is 0. The zero-order valence-electron chi connectivity index (χ0n) is 8.31. The minimum absolute atomic E-state index is 0.0414. The molecule has 0 radical (unpaired) electrons. The third kappa shape index (κ3) is 2.86. The molecule has 2 aromatic rings. The van der Waals surface area contributed by atoms with Gasteiger partial charge in [-0.15, -0.1) is 10.2 Å². The van der Waals surface area contributed by atoms with Crippen LogP contribution < -0.4 is 5.32 Å². The van der Waals surface area contributed by atoms with Gasteiger partial charge in [0.2, 0.25) is 0 Å². The van der Waals surface area contributed by atoms with Gasteiger partial charge >= 0.3 is 6.18 Å². The second-order valence-corrected chi connectivity index (χ2v) is 3.06. The molecule has 0 amide bonds. The first-order valence-corrected chi connectivity index (χ1v) is 4.50. The summed E-state index contributed by atoms with van der Waals surface area (Å²) in [5, 5.41) is 16.6. The molecule has 2 heterocycles. The van der Waals surface area contributed by atoms with Crippen molar-refractivity contribution in [1.29, 1.82) is 0 Å². The summed E-state index contributed by atoms with van der Waals surface area (Å²) in [4.78, 5) is 0. The van der Waals surface area contributed by atoms with Crippen molar-refractivity contribution in [1.82, 2.24) is 20.4 Å². The molecule has 88 valence electrons. The molecule has 0 saturated heterocycles. The van der Waals surface area contributed by atoms with E-state index in [9.17, 15) is 13.2 Å². The highest BCUT2D eigenvalue weighted by molar-refractivity contribution is 5.50. The van der Waals surface area contributed by atoms with Gasteiger partial charge in [0.25, 0.3) is 0 Å². The Labute approximate surface area is 93.7 Å².